The van der Waals surface area contributed by atoms with Gasteiger partial charge in [-0.1, -0.05) is 66.2 Å². The van der Waals surface area contributed by atoms with Gasteiger partial charge in [-0.2, -0.15) is 5.10 Å². The molecule has 7 rings (SSSR count). The van der Waals surface area contributed by atoms with Crippen molar-refractivity contribution in [2.45, 2.75) is 18.0 Å². The second kappa shape index (κ2) is 9.67. The Morgan fingerprint density at radius 1 is 0.833 bits per heavy atom. The van der Waals surface area contributed by atoms with E-state index in [9.17, 15) is 14.4 Å². The average molecular weight is 577 g/mol. The number of carbonyl (C=O) groups excluding carboxylic acids is 3. The van der Waals surface area contributed by atoms with E-state index in [-0.39, 0.29) is 17.3 Å². The highest BCUT2D eigenvalue weighted by Crippen LogP contribution is 2.65. The largest absolute Gasteiger partial charge is 0.497 e. The van der Waals surface area contributed by atoms with Gasteiger partial charge in [0.25, 0.3) is 0 Å². The first-order valence-electron chi connectivity index (χ1n) is 13.5. The summed E-state index contributed by atoms with van der Waals surface area (Å²) in [7, 11) is 3.06. The molecule has 0 radical (unpaired) electrons. The lowest BCUT2D eigenvalue weighted by Crippen LogP contribution is -2.44. The predicted octanol–water partition coefficient (Wildman–Crippen LogP) is 6.16. The highest BCUT2D eigenvalue weighted by atomic mass is 35.5. The van der Waals surface area contributed by atoms with Crippen LogP contribution in [0.15, 0.2) is 96.1 Å². The summed E-state index contributed by atoms with van der Waals surface area (Å²) >= 11 is 6.16. The minimum atomic E-state index is -1.70. The van der Waals surface area contributed by atoms with Crippen molar-refractivity contribution in [2.75, 3.05) is 14.2 Å². The first-order chi connectivity index (χ1) is 20.4. The normalized spacial score (nSPS) is 21.2. The molecule has 8 heteroatoms. The van der Waals surface area contributed by atoms with Crippen molar-refractivity contribution < 1.29 is 23.9 Å². The molecule has 1 spiro atoms. The van der Waals surface area contributed by atoms with Gasteiger partial charge >= 0.3 is 0 Å². The lowest BCUT2D eigenvalue weighted by Gasteiger charge is -2.36. The molecule has 1 fully saturated rings. The molecule has 2 aliphatic heterocycles. The second-order valence-electron chi connectivity index (χ2n) is 10.6. The highest BCUT2D eigenvalue weighted by Gasteiger charge is 2.73. The fourth-order valence-electron chi connectivity index (χ4n) is 6.98. The third kappa shape index (κ3) is 3.46. The monoisotopic (exact) mass is 576 g/mol. The number of methoxy groups -OCH3 is 2. The molecule has 7 nitrogen and oxygen atoms in total. The van der Waals surface area contributed by atoms with Crippen LogP contribution in [0, 0.1) is 5.41 Å². The minimum absolute atomic E-state index is 0.287. The molecule has 4 aromatic rings. The van der Waals surface area contributed by atoms with E-state index in [0.29, 0.717) is 38.8 Å². The number of hydrazone groups is 1. The molecule has 0 saturated carbocycles. The second-order valence-corrected chi connectivity index (χ2v) is 11.1. The zero-order valence-electron chi connectivity index (χ0n) is 22.8. The molecule has 0 aromatic heterocycles. The van der Waals surface area contributed by atoms with Crippen LogP contribution in [-0.2, 0) is 0 Å². The number of nitrogens with zero attached hydrogens (tertiary/aromatic N) is 2. The van der Waals surface area contributed by atoms with Crippen molar-refractivity contribution in [3.63, 3.8) is 0 Å². The number of ether oxygens (including phenoxy) is 2. The molecular formula is C34H25ClN2O5. The Balaban J connectivity index is 1.57. The van der Waals surface area contributed by atoms with E-state index in [0.717, 1.165) is 11.1 Å². The van der Waals surface area contributed by atoms with Crippen molar-refractivity contribution in [3.8, 4) is 11.5 Å². The first-order valence-corrected chi connectivity index (χ1v) is 13.9. The molecule has 0 amide bonds. The summed E-state index contributed by atoms with van der Waals surface area (Å²) in [6, 6.07) is 24.4. The maximum atomic E-state index is 14.9. The van der Waals surface area contributed by atoms with Crippen LogP contribution < -0.4 is 9.47 Å². The smallest absolute Gasteiger partial charge is 0.187 e. The standard InChI is InChI=1S/C34H25ClN2O5/c1-41-22-15-16-26(27(17-22)42-2)28-29(30(38)19-11-13-21(35)14-12-19)37-31(23-8-4-3-7-20(23)18-36-37)34(28)32(39)24-9-5-6-10-25(24)33(34)40/h3-18,28-29,31H,1-2H3. The number of rotatable bonds is 5. The molecule has 1 aliphatic carbocycles. The SMILES string of the molecule is COc1ccc(C2C(C(=O)c3ccc(Cl)cc3)N3N=Cc4ccccc4C3C23C(=O)c2ccccc2C3=O)c(OC)c1. The summed E-state index contributed by atoms with van der Waals surface area (Å²) in [5.74, 6) is -0.969. The number of fused-ring (bicyclic) bond motifs is 5. The third-order valence-electron chi connectivity index (χ3n) is 8.75. The van der Waals surface area contributed by atoms with E-state index in [2.05, 4.69) is 0 Å². The summed E-state index contributed by atoms with van der Waals surface area (Å²) in [4.78, 5) is 44.3. The van der Waals surface area contributed by atoms with Crippen LogP contribution in [0.2, 0.25) is 5.02 Å². The van der Waals surface area contributed by atoms with E-state index in [4.69, 9.17) is 26.2 Å². The summed E-state index contributed by atoms with van der Waals surface area (Å²) in [5, 5.41) is 6.94. The molecular weight excluding hydrogens is 552 g/mol. The molecule has 2 heterocycles. The van der Waals surface area contributed by atoms with Crippen molar-refractivity contribution in [3.05, 3.63) is 129 Å². The Bertz CT molecular complexity index is 1780. The summed E-state index contributed by atoms with van der Waals surface area (Å²) < 4.78 is 11.3. The van der Waals surface area contributed by atoms with E-state index < -0.39 is 23.4 Å². The van der Waals surface area contributed by atoms with Gasteiger partial charge in [0.2, 0.25) is 0 Å². The number of hydrogen-bond donors (Lipinski definition) is 0. The zero-order chi connectivity index (χ0) is 29.2. The zero-order valence-corrected chi connectivity index (χ0v) is 23.5. The van der Waals surface area contributed by atoms with Crippen molar-refractivity contribution in [1.82, 2.24) is 5.01 Å². The first kappa shape index (κ1) is 26.2. The van der Waals surface area contributed by atoms with E-state index in [1.807, 2.05) is 24.3 Å². The van der Waals surface area contributed by atoms with Gasteiger partial charge in [0.05, 0.1) is 26.5 Å². The Kier molecular flexibility index (Phi) is 6.02. The van der Waals surface area contributed by atoms with Gasteiger partial charge in [-0.25, -0.2) is 0 Å². The van der Waals surface area contributed by atoms with Gasteiger partial charge in [-0.15, -0.1) is 0 Å². The minimum Gasteiger partial charge on any atom is -0.497 e. The quantitative estimate of drug-likeness (QED) is 0.209. The molecule has 1 saturated heterocycles. The van der Waals surface area contributed by atoms with Crippen LogP contribution in [0.5, 0.6) is 11.5 Å². The molecule has 4 aromatic carbocycles. The van der Waals surface area contributed by atoms with Gasteiger partial charge in [-0.3, -0.25) is 19.4 Å². The number of carbonyl (C=O) groups is 3. The highest BCUT2D eigenvalue weighted by molar-refractivity contribution is 6.32. The predicted molar refractivity (Wildman–Crippen MR) is 158 cm³/mol. The van der Waals surface area contributed by atoms with Crippen LogP contribution in [0.4, 0.5) is 0 Å². The number of halogens is 1. The van der Waals surface area contributed by atoms with Crippen molar-refractivity contribution >= 4 is 35.2 Å². The average Bonchev–Trinajstić information content (AvgIpc) is 3.46. The molecule has 3 aliphatic rings. The Labute approximate surface area is 247 Å². The molecule has 208 valence electrons. The molecule has 0 bridgehead atoms. The maximum absolute atomic E-state index is 14.9. The topological polar surface area (TPSA) is 85.3 Å². The van der Waals surface area contributed by atoms with Crippen LogP contribution in [0.25, 0.3) is 0 Å². The number of hydrogen-bond acceptors (Lipinski definition) is 7. The molecule has 3 unspecified atom stereocenters. The lowest BCUT2D eigenvalue weighted by atomic mass is 9.62. The summed E-state index contributed by atoms with van der Waals surface area (Å²) in [5.41, 5.74) is 1.45. The Morgan fingerprint density at radius 3 is 2.17 bits per heavy atom. The van der Waals surface area contributed by atoms with Crippen molar-refractivity contribution in [2.24, 2.45) is 10.5 Å². The Morgan fingerprint density at radius 2 is 1.50 bits per heavy atom. The third-order valence-corrected chi connectivity index (χ3v) is 9.00. The van der Waals surface area contributed by atoms with Crippen LogP contribution in [0.1, 0.15) is 59.7 Å². The lowest BCUT2D eigenvalue weighted by molar-refractivity contribution is 0.0585. The fourth-order valence-corrected chi connectivity index (χ4v) is 7.11. The maximum Gasteiger partial charge on any atom is 0.187 e. The van der Waals surface area contributed by atoms with E-state index in [1.54, 1.807) is 85.1 Å². The Hall–Kier alpha value is -4.75. The van der Waals surface area contributed by atoms with Crippen molar-refractivity contribution in [1.29, 1.82) is 0 Å². The summed E-state index contributed by atoms with van der Waals surface area (Å²) in [6.07, 6.45) is 1.69. The van der Waals surface area contributed by atoms with E-state index in [1.165, 1.54) is 7.11 Å². The number of benzene rings is 4. The van der Waals surface area contributed by atoms with Gasteiger partial charge in [-0.05, 0) is 41.5 Å². The summed E-state index contributed by atoms with van der Waals surface area (Å²) in [6.45, 7) is 0. The van der Waals surface area contributed by atoms with Crippen LogP contribution in [0.3, 0.4) is 0 Å². The van der Waals surface area contributed by atoms with Crippen LogP contribution >= 0.6 is 11.6 Å². The molecule has 42 heavy (non-hydrogen) atoms. The fraction of sp³-hybridized carbons (Fsp3) is 0.176. The van der Waals surface area contributed by atoms with Crippen LogP contribution in [-0.4, -0.2) is 48.8 Å². The van der Waals surface area contributed by atoms with Gasteiger partial charge in [0.15, 0.2) is 17.3 Å². The van der Waals surface area contributed by atoms with Gasteiger partial charge in [0.1, 0.15) is 23.0 Å². The van der Waals surface area contributed by atoms with E-state index >= 15 is 0 Å². The molecule has 0 N–H and O–H groups in total. The van der Waals surface area contributed by atoms with Gasteiger partial charge in [0, 0.05) is 39.3 Å². The van der Waals surface area contributed by atoms with Gasteiger partial charge < -0.3 is 9.47 Å². The molecule has 3 atom stereocenters. The number of ketones is 3. The number of Topliss-reactive ketones (excluding diaryl/α,β-unsaturated/α-hetero) is 3.